The molecule has 0 aliphatic heterocycles. The fraction of sp³-hybridized carbons (Fsp3) is 0.278. The molecule has 3 atom stereocenters. The predicted octanol–water partition coefficient (Wildman–Crippen LogP) is 3.02. The van der Waals surface area contributed by atoms with E-state index in [4.69, 9.17) is 16.3 Å². The molecule has 2 aromatic rings. The van der Waals surface area contributed by atoms with Gasteiger partial charge in [-0.3, -0.25) is 4.79 Å². The van der Waals surface area contributed by atoms with Crippen LogP contribution in [0.25, 0.3) is 0 Å². The third-order valence-corrected chi connectivity index (χ3v) is 4.36. The highest BCUT2D eigenvalue weighted by Crippen LogP contribution is 2.31. The van der Waals surface area contributed by atoms with Crippen molar-refractivity contribution >= 4 is 17.5 Å². The van der Waals surface area contributed by atoms with Gasteiger partial charge in [-0.25, -0.2) is 4.39 Å². The van der Waals surface area contributed by atoms with Crippen molar-refractivity contribution in [3.63, 3.8) is 0 Å². The summed E-state index contributed by atoms with van der Waals surface area (Å²) in [5.74, 6) is -0.626. The zero-order chi connectivity index (χ0) is 17.3. The van der Waals surface area contributed by atoms with Crippen molar-refractivity contribution in [1.29, 1.82) is 0 Å². The van der Waals surface area contributed by atoms with Crippen LogP contribution >= 0.6 is 11.6 Å². The highest BCUT2D eigenvalue weighted by molar-refractivity contribution is 6.32. The molecule has 0 aromatic heterocycles. The molecule has 2 aromatic carbocycles. The zero-order valence-corrected chi connectivity index (χ0v) is 13.8. The summed E-state index contributed by atoms with van der Waals surface area (Å²) in [5.41, 5.74) is 1.93. The third kappa shape index (κ3) is 3.37. The molecular weight excluding hydrogens is 333 g/mol. The number of carbonyl (C=O) groups is 1. The number of aliphatic hydroxyl groups is 1. The Bertz CT molecular complexity index is 768. The molecule has 0 saturated heterocycles. The smallest absolute Gasteiger partial charge is 0.261 e. The van der Waals surface area contributed by atoms with Crippen molar-refractivity contribution in [3.05, 3.63) is 64.4 Å². The summed E-state index contributed by atoms with van der Waals surface area (Å²) in [6.45, 7) is 1.57. The van der Waals surface area contributed by atoms with E-state index in [1.807, 2.05) is 24.3 Å². The summed E-state index contributed by atoms with van der Waals surface area (Å²) < 4.78 is 18.6. The first-order valence-electron chi connectivity index (χ1n) is 7.63. The highest BCUT2D eigenvalue weighted by Gasteiger charge is 2.33. The third-order valence-electron chi connectivity index (χ3n) is 4.07. The van der Waals surface area contributed by atoms with Gasteiger partial charge in [-0.1, -0.05) is 35.9 Å². The number of hydrogen-bond acceptors (Lipinski definition) is 3. The van der Waals surface area contributed by atoms with E-state index in [1.54, 1.807) is 6.92 Å². The van der Waals surface area contributed by atoms with E-state index < -0.39 is 24.1 Å². The summed E-state index contributed by atoms with van der Waals surface area (Å²) in [7, 11) is 0. The van der Waals surface area contributed by atoms with Crippen LogP contribution in [0.5, 0.6) is 5.75 Å². The van der Waals surface area contributed by atoms with Gasteiger partial charge in [0.1, 0.15) is 11.6 Å². The van der Waals surface area contributed by atoms with Gasteiger partial charge in [0.2, 0.25) is 0 Å². The molecule has 0 saturated carbocycles. The molecule has 0 heterocycles. The van der Waals surface area contributed by atoms with Gasteiger partial charge < -0.3 is 15.2 Å². The lowest BCUT2D eigenvalue weighted by atomic mass is 10.1. The molecule has 2 N–H and O–H groups in total. The number of aliphatic hydroxyl groups excluding tert-OH is 1. The van der Waals surface area contributed by atoms with Gasteiger partial charge in [-0.15, -0.1) is 0 Å². The Morgan fingerprint density at radius 2 is 2.12 bits per heavy atom. The summed E-state index contributed by atoms with van der Waals surface area (Å²) in [6.07, 6.45) is -1.01. The minimum atomic E-state index is -0.840. The number of nitrogens with one attached hydrogen (secondary N) is 1. The van der Waals surface area contributed by atoms with Gasteiger partial charge in [0, 0.05) is 6.42 Å². The van der Waals surface area contributed by atoms with E-state index in [9.17, 15) is 14.3 Å². The second-order valence-corrected chi connectivity index (χ2v) is 6.20. The second-order valence-electron chi connectivity index (χ2n) is 5.79. The minimum Gasteiger partial charge on any atom is -0.479 e. The van der Waals surface area contributed by atoms with Crippen molar-refractivity contribution in [3.8, 4) is 5.75 Å². The molecule has 3 unspecified atom stereocenters. The van der Waals surface area contributed by atoms with Crippen LogP contribution in [0.4, 0.5) is 4.39 Å². The molecule has 0 spiro atoms. The van der Waals surface area contributed by atoms with E-state index in [2.05, 4.69) is 5.32 Å². The fourth-order valence-electron chi connectivity index (χ4n) is 2.83. The van der Waals surface area contributed by atoms with E-state index in [1.165, 1.54) is 12.1 Å². The number of ether oxygens (including phenoxy) is 1. The zero-order valence-electron chi connectivity index (χ0n) is 13.0. The Kier molecular flexibility index (Phi) is 4.73. The summed E-state index contributed by atoms with van der Waals surface area (Å²) in [6, 6.07) is 10.8. The molecule has 0 fully saturated rings. The first-order valence-corrected chi connectivity index (χ1v) is 8.01. The van der Waals surface area contributed by atoms with Crippen LogP contribution in [0.3, 0.4) is 0 Å². The van der Waals surface area contributed by atoms with Crippen LogP contribution in [0.2, 0.25) is 5.02 Å². The lowest BCUT2D eigenvalue weighted by molar-refractivity contribution is -0.128. The van der Waals surface area contributed by atoms with Crippen LogP contribution in [0.15, 0.2) is 42.5 Å². The van der Waals surface area contributed by atoms with Crippen molar-refractivity contribution < 1.29 is 19.0 Å². The molecule has 0 bridgehead atoms. The van der Waals surface area contributed by atoms with Gasteiger partial charge >= 0.3 is 0 Å². The van der Waals surface area contributed by atoms with Crippen molar-refractivity contribution in [2.24, 2.45) is 0 Å². The monoisotopic (exact) mass is 349 g/mol. The Labute approximate surface area is 144 Å². The largest absolute Gasteiger partial charge is 0.479 e. The van der Waals surface area contributed by atoms with Gasteiger partial charge in [0.05, 0.1) is 17.2 Å². The SMILES string of the molecule is CC(Oc1ccc(F)cc1Cl)C(=O)NC1c2ccccc2CC1O. The number of hydrogen-bond donors (Lipinski definition) is 2. The van der Waals surface area contributed by atoms with Crippen LogP contribution < -0.4 is 10.1 Å². The summed E-state index contributed by atoms with van der Waals surface area (Å²) >= 11 is 5.90. The molecule has 6 heteroatoms. The van der Waals surface area contributed by atoms with Crippen LogP contribution in [-0.4, -0.2) is 23.2 Å². The summed E-state index contributed by atoms with van der Waals surface area (Å²) in [4.78, 5) is 12.4. The van der Waals surface area contributed by atoms with Crippen LogP contribution in [0.1, 0.15) is 24.1 Å². The summed E-state index contributed by atoms with van der Waals surface area (Å²) in [5, 5.41) is 13.1. The van der Waals surface area contributed by atoms with Crippen molar-refractivity contribution in [2.45, 2.75) is 31.6 Å². The molecule has 1 aliphatic rings. The van der Waals surface area contributed by atoms with Gasteiger partial charge in [0.25, 0.3) is 5.91 Å². The number of rotatable bonds is 4. The van der Waals surface area contributed by atoms with Crippen LogP contribution in [-0.2, 0) is 11.2 Å². The van der Waals surface area contributed by atoms with Crippen molar-refractivity contribution in [2.75, 3.05) is 0 Å². The standard InChI is InChI=1S/C18H17ClFNO3/c1-10(24-16-7-6-12(20)9-14(16)19)18(23)21-17-13-5-3-2-4-11(13)8-15(17)22/h2-7,9-10,15,17,22H,8H2,1H3,(H,21,23). The van der Waals surface area contributed by atoms with E-state index in [0.717, 1.165) is 17.2 Å². The molecular formula is C18H17ClFNO3. The van der Waals surface area contributed by atoms with E-state index >= 15 is 0 Å². The average Bonchev–Trinajstić information content (AvgIpc) is 2.86. The number of amides is 1. The van der Waals surface area contributed by atoms with E-state index in [0.29, 0.717) is 6.42 Å². The number of benzene rings is 2. The normalized spacial score (nSPS) is 20.3. The Morgan fingerprint density at radius 1 is 1.38 bits per heavy atom. The Balaban J connectivity index is 1.68. The van der Waals surface area contributed by atoms with Crippen LogP contribution in [0, 0.1) is 5.82 Å². The topological polar surface area (TPSA) is 58.6 Å². The lowest BCUT2D eigenvalue weighted by Gasteiger charge is -2.21. The minimum absolute atomic E-state index is 0.0981. The Hall–Kier alpha value is -2.11. The number of halogens is 2. The van der Waals surface area contributed by atoms with Gasteiger partial charge in [0.15, 0.2) is 6.10 Å². The van der Waals surface area contributed by atoms with E-state index in [-0.39, 0.29) is 16.7 Å². The fourth-order valence-corrected chi connectivity index (χ4v) is 3.05. The maximum atomic E-state index is 13.1. The first-order chi connectivity index (χ1) is 11.5. The number of fused-ring (bicyclic) bond motifs is 1. The van der Waals surface area contributed by atoms with Gasteiger partial charge in [-0.05, 0) is 36.2 Å². The highest BCUT2D eigenvalue weighted by atomic mass is 35.5. The second kappa shape index (κ2) is 6.79. The average molecular weight is 350 g/mol. The van der Waals surface area contributed by atoms with Crippen molar-refractivity contribution in [1.82, 2.24) is 5.32 Å². The predicted molar refractivity (Wildman–Crippen MR) is 88.5 cm³/mol. The molecule has 126 valence electrons. The molecule has 1 aliphatic carbocycles. The maximum Gasteiger partial charge on any atom is 0.261 e. The maximum absolute atomic E-state index is 13.1. The molecule has 3 rings (SSSR count). The molecule has 1 amide bonds. The molecule has 0 radical (unpaired) electrons. The quantitative estimate of drug-likeness (QED) is 0.892. The Morgan fingerprint density at radius 3 is 2.88 bits per heavy atom. The molecule has 4 nitrogen and oxygen atoms in total. The first kappa shape index (κ1) is 16.7. The lowest BCUT2D eigenvalue weighted by Crippen LogP contribution is -2.41. The molecule has 24 heavy (non-hydrogen) atoms. The number of carbonyl (C=O) groups excluding carboxylic acids is 1. The van der Waals surface area contributed by atoms with Gasteiger partial charge in [-0.2, -0.15) is 0 Å².